The Morgan fingerprint density at radius 2 is 2.33 bits per heavy atom. The van der Waals surface area contributed by atoms with E-state index in [4.69, 9.17) is 5.11 Å². The molecule has 1 rings (SSSR count). The standard InChI is InChI=1S/C9H14N2O2S2/c1-3-5-6(8(12)13)14-9-10-7(4-2)11-15-9/h6H,3-5H2,1-2H3,(H,12,13). The van der Waals surface area contributed by atoms with Crippen molar-refractivity contribution in [3.05, 3.63) is 5.82 Å². The molecular formula is C9H14N2O2S2. The maximum atomic E-state index is 10.9. The maximum absolute atomic E-state index is 10.9. The average Bonchev–Trinajstić information content (AvgIpc) is 2.65. The van der Waals surface area contributed by atoms with Crippen LogP contribution in [0.4, 0.5) is 0 Å². The summed E-state index contributed by atoms with van der Waals surface area (Å²) in [6, 6.07) is 0. The second kappa shape index (κ2) is 6.07. The molecule has 0 fully saturated rings. The van der Waals surface area contributed by atoms with Gasteiger partial charge in [-0.1, -0.05) is 32.0 Å². The smallest absolute Gasteiger partial charge is 0.317 e. The van der Waals surface area contributed by atoms with E-state index in [1.807, 2.05) is 13.8 Å². The predicted molar refractivity (Wildman–Crippen MR) is 61.5 cm³/mol. The van der Waals surface area contributed by atoms with Crippen LogP contribution in [0.25, 0.3) is 0 Å². The fourth-order valence-corrected chi connectivity index (χ4v) is 3.03. The highest BCUT2D eigenvalue weighted by Crippen LogP contribution is 2.27. The SMILES string of the molecule is CCCC(Sc1nc(CC)ns1)C(=O)O. The van der Waals surface area contributed by atoms with Crippen LogP contribution in [0, 0.1) is 0 Å². The quantitative estimate of drug-likeness (QED) is 0.781. The molecule has 0 amide bonds. The fourth-order valence-electron chi connectivity index (χ4n) is 1.05. The molecule has 0 aromatic carbocycles. The number of nitrogens with zero attached hydrogens (tertiary/aromatic N) is 2. The van der Waals surface area contributed by atoms with Gasteiger partial charge in [-0.3, -0.25) is 4.79 Å². The number of carboxylic acid groups (broad SMARTS) is 1. The number of aromatic nitrogens is 2. The maximum Gasteiger partial charge on any atom is 0.317 e. The second-order valence-corrected chi connectivity index (χ2v) is 5.27. The summed E-state index contributed by atoms with van der Waals surface area (Å²) in [6.45, 7) is 3.96. The first-order chi connectivity index (χ1) is 7.17. The minimum Gasteiger partial charge on any atom is -0.480 e. The number of carboxylic acids is 1. The van der Waals surface area contributed by atoms with Gasteiger partial charge < -0.3 is 5.11 Å². The number of aryl methyl sites for hydroxylation is 1. The summed E-state index contributed by atoms with van der Waals surface area (Å²) in [4.78, 5) is 15.1. The lowest BCUT2D eigenvalue weighted by Crippen LogP contribution is -2.15. The van der Waals surface area contributed by atoms with Crippen LogP contribution in [0.3, 0.4) is 0 Å². The molecule has 1 atom stereocenters. The van der Waals surface area contributed by atoms with Gasteiger partial charge in [0.2, 0.25) is 0 Å². The van der Waals surface area contributed by atoms with E-state index in [0.717, 1.165) is 23.0 Å². The van der Waals surface area contributed by atoms with Crippen LogP contribution in [0.15, 0.2) is 4.34 Å². The van der Waals surface area contributed by atoms with Crippen molar-refractivity contribution in [2.24, 2.45) is 0 Å². The number of rotatable bonds is 6. The summed E-state index contributed by atoms with van der Waals surface area (Å²) in [5.41, 5.74) is 0. The van der Waals surface area contributed by atoms with E-state index in [1.54, 1.807) is 0 Å². The van der Waals surface area contributed by atoms with Crippen molar-refractivity contribution in [1.29, 1.82) is 0 Å². The molecule has 15 heavy (non-hydrogen) atoms. The second-order valence-electron chi connectivity index (χ2n) is 3.06. The van der Waals surface area contributed by atoms with Gasteiger partial charge in [-0.25, -0.2) is 4.98 Å². The molecule has 1 aromatic heterocycles. The van der Waals surface area contributed by atoms with Gasteiger partial charge >= 0.3 is 5.97 Å². The molecule has 0 aliphatic heterocycles. The van der Waals surface area contributed by atoms with Crippen LogP contribution < -0.4 is 0 Å². The minimum atomic E-state index is -0.768. The summed E-state index contributed by atoms with van der Waals surface area (Å²) in [7, 11) is 0. The Kier molecular flexibility index (Phi) is 5.04. The zero-order valence-electron chi connectivity index (χ0n) is 8.77. The first kappa shape index (κ1) is 12.4. The van der Waals surface area contributed by atoms with Crippen LogP contribution in [-0.4, -0.2) is 25.7 Å². The largest absolute Gasteiger partial charge is 0.480 e. The highest BCUT2D eigenvalue weighted by molar-refractivity contribution is 8.02. The van der Waals surface area contributed by atoms with Crippen LogP contribution in [0.5, 0.6) is 0 Å². The topological polar surface area (TPSA) is 63.1 Å². The van der Waals surface area contributed by atoms with Crippen molar-refractivity contribution in [2.45, 2.75) is 42.7 Å². The molecule has 0 spiro atoms. The van der Waals surface area contributed by atoms with Gasteiger partial charge in [0.05, 0.1) is 0 Å². The van der Waals surface area contributed by atoms with E-state index in [9.17, 15) is 4.79 Å². The van der Waals surface area contributed by atoms with Gasteiger partial charge in [0.25, 0.3) is 0 Å². The first-order valence-electron chi connectivity index (χ1n) is 4.89. The predicted octanol–water partition coefficient (Wildman–Crippen LogP) is 2.45. The monoisotopic (exact) mass is 246 g/mol. The molecule has 0 aliphatic rings. The van der Waals surface area contributed by atoms with Crippen LogP contribution >= 0.6 is 23.3 Å². The number of hydrogen-bond acceptors (Lipinski definition) is 5. The average molecular weight is 246 g/mol. The highest BCUT2D eigenvalue weighted by atomic mass is 32.2. The van der Waals surface area contributed by atoms with Crippen molar-refractivity contribution in [3.63, 3.8) is 0 Å². The summed E-state index contributed by atoms with van der Waals surface area (Å²) in [6.07, 6.45) is 2.33. The normalized spacial score (nSPS) is 12.7. The van der Waals surface area contributed by atoms with Crippen molar-refractivity contribution in [1.82, 2.24) is 9.36 Å². The molecule has 0 saturated carbocycles. The molecule has 84 valence electrons. The molecule has 1 N–H and O–H groups in total. The molecular weight excluding hydrogens is 232 g/mol. The number of carbonyl (C=O) groups is 1. The third-order valence-electron chi connectivity index (χ3n) is 1.84. The molecule has 1 aromatic rings. The molecule has 1 heterocycles. The Hall–Kier alpha value is -0.620. The zero-order valence-corrected chi connectivity index (χ0v) is 10.4. The molecule has 6 heteroatoms. The van der Waals surface area contributed by atoms with Crippen molar-refractivity contribution >= 4 is 29.3 Å². The molecule has 4 nitrogen and oxygen atoms in total. The summed E-state index contributed by atoms with van der Waals surface area (Å²) >= 11 is 2.59. The van der Waals surface area contributed by atoms with Crippen LogP contribution in [0.2, 0.25) is 0 Å². The zero-order chi connectivity index (χ0) is 11.3. The Labute approximate surface area is 97.3 Å². The molecule has 0 saturated heterocycles. The lowest BCUT2D eigenvalue weighted by Gasteiger charge is -2.07. The van der Waals surface area contributed by atoms with Gasteiger partial charge in [0, 0.05) is 6.42 Å². The van der Waals surface area contributed by atoms with Gasteiger partial charge in [-0.2, -0.15) is 4.37 Å². The van der Waals surface area contributed by atoms with Gasteiger partial charge in [-0.15, -0.1) is 0 Å². The molecule has 0 aliphatic carbocycles. The number of hydrogen-bond donors (Lipinski definition) is 1. The van der Waals surface area contributed by atoms with E-state index >= 15 is 0 Å². The van der Waals surface area contributed by atoms with E-state index in [0.29, 0.717) is 6.42 Å². The van der Waals surface area contributed by atoms with Crippen LogP contribution in [-0.2, 0) is 11.2 Å². The molecule has 0 radical (unpaired) electrons. The summed E-state index contributed by atoms with van der Waals surface area (Å²) < 4.78 is 4.88. The Bertz CT molecular complexity index is 328. The van der Waals surface area contributed by atoms with Crippen molar-refractivity contribution in [2.75, 3.05) is 0 Å². The fraction of sp³-hybridized carbons (Fsp3) is 0.667. The number of thioether (sulfide) groups is 1. The molecule has 1 unspecified atom stereocenters. The minimum absolute atomic E-state index is 0.396. The van der Waals surface area contributed by atoms with Gasteiger partial charge in [0.15, 0.2) is 4.34 Å². The number of aliphatic carboxylic acids is 1. The Morgan fingerprint density at radius 3 is 2.80 bits per heavy atom. The summed E-state index contributed by atoms with van der Waals surface area (Å²) in [5.74, 6) is 0.0261. The first-order valence-corrected chi connectivity index (χ1v) is 6.54. The summed E-state index contributed by atoms with van der Waals surface area (Å²) in [5, 5.41) is 8.57. The van der Waals surface area contributed by atoms with Crippen molar-refractivity contribution < 1.29 is 9.90 Å². The van der Waals surface area contributed by atoms with Gasteiger partial charge in [0.1, 0.15) is 11.1 Å². The lowest BCUT2D eigenvalue weighted by atomic mass is 10.2. The lowest BCUT2D eigenvalue weighted by molar-refractivity contribution is -0.136. The Balaban J connectivity index is 2.61. The molecule has 0 bridgehead atoms. The van der Waals surface area contributed by atoms with Gasteiger partial charge in [-0.05, 0) is 18.0 Å². The third-order valence-corrected chi connectivity index (χ3v) is 3.91. The van der Waals surface area contributed by atoms with Crippen molar-refractivity contribution in [3.8, 4) is 0 Å². The highest BCUT2D eigenvalue weighted by Gasteiger charge is 2.19. The van der Waals surface area contributed by atoms with E-state index in [2.05, 4.69) is 9.36 Å². The Morgan fingerprint density at radius 1 is 1.60 bits per heavy atom. The van der Waals surface area contributed by atoms with E-state index < -0.39 is 11.2 Å². The van der Waals surface area contributed by atoms with E-state index in [-0.39, 0.29) is 0 Å². The van der Waals surface area contributed by atoms with Crippen LogP contribution in [0.1, 0.15) is 32.5 Å². The van der Waals surface area contributed by atoms with E-state index in [1.165, 1.54) is 23.3 Å². The third kappa shape index (κ3) is 3.79.